The number of benzene rings is 1. The smallest absolute Gasteiger partial charge is 0.0399 e. The third-order valence-corrected chi connectivity index (χ3v) is 2.43. The molecule has 1 rings (SSSR count). The number of anilines is 1. The van der Waals surface area contributed by atoms with Crippen LogP contribution in [0.4, 0.5) is 5.69 Å². The lowest BCUT2D eigenvalue weighted by molar-refractivity contribution is 0.734. The van der Waals surface area contributed by atoms with Crippen LogP contribution in [0.5, 0.6) is 0 Å². The molecule has 0 heterocycles. The molecular formula is C12H18ClN. The fourth-order valence-electron chi connectivity index (χ4n) is 1.46. The third kappa shape index (κ3) is 3.59. The van der Waals surface area contributed by atoms with Gasteiger partial charge < -0.3 is 4.90 Å². The molecule has 0 fully saturated rings. The van der Waals surface area contributed by atoms with Crippen molar-refractivity contribution in [1.82, 2.24) is 0 Å². The van der Waals surface area contributed by atoms with Gasteiger partial charge in [-0.1, -0.05) is 31.5 Å². The molecule has 0 bridgehead atoms. The predicted octanol–water partition coefficient (Wildman–Crippen LogP) is 3.53. The summed E-state index contributed by atoms with van der Waals surface area (Å²) in [6, 6.07) is 10.5. The number of unbranched alkanes of at least 4 members (excludes halogenated alkanes) is 1. The standard InChI is InChI=1S/C12H18ClN/c1-2-3-10-14(11-9-13)12-7-5-4-6-8-12/h4-8H,2-3,9-11H2,1H3. The summed E-state index contributed by atoms with van der Waals surface area (Å²) in [5.74, 6) is 0.693. The van der Waals surface area contributed by atoms with Crippen molar-refractivity contribution in [1.29, 1.82) is 0 Å². The van der Waals surface area contributed by atoms with Crippen LogP contribution in [0, 0.1) is 0 Å². The first-order chi connectivity index (χ1) is 6.88. The van der Waals surface area contributed by atoms with E-state index in [4.69, 9.17) is 11.6 Å². The van der Waals surface area contributed by atoms with Gasteiger partial charge in [0.25, 0.3) is 0 Å². The van der Waals surface area contributed by atoms with E-state index in [2.05, 4.69) is 36.1 Å². The zero-order valence-corrected chi connectivity index (χ0v) is 9.50. The van der Waals surface area contributed by atoms with Crippen LogP contribution in [0.2, 0.25) is 0 Å². The van der Waals surface area contributed by atoms with Crippen LogP contribution in [0.25, 0.3) is 0 Å². The Morgan fingerprint density at radius 1 is 1.14 bits per heavy atom. The number of rotatable bonds is 6. The van der Waals surface area contributed by atoms with E-state index in [9.17, 15) is 0 Å². The summed E-state index contributed by atoms with van der Waals surface area (Å²) in [5.41, 5.74) is 1.28. The lowest BCUT2D eigenvalue weighted by Crippen LogP contribution is -2.26. The van der Waals surface area contributed by atoms with Gasteiger partial charge in [-0.3, -0.25) is 0 Å². The number of alkyl halides is 1. The molecule has 0 radical (unpaired) electrons. The second-order valence-corrected chi connectivity index (χ2v) is 3.74. The number of para-hydroxylation sites is 1. The highest BCUT2D eigenvalue weighted by Gasteiger charge is 2.03. The number of nitrogens with zero attached hydrogens (tertiary/aromatic N) is 1. The van der Waals surface area contributed by atoms with Crippen molar-refractivity contribution in [2.45, 2.75) is 19.8 Å². The van der Waals surface area contributed by atoms with E-state index < -0.39 is 0 Å². The molecule has 0 spiro atoms. The SMILES string of the molecule is CCCCN(CCCl)c1ccccc1. The average Bonchev–Trinajstić information content (AvgIpc) is 2.25. The minimum absolute atomic E-state index is 0.693. The van der Waals surface area contributed by atoms with E-state index in [0.29, 0.717) is 5.88 Å². The number of halogens is 1. The molecule has 0 N–H and O–H groups in total. The fourth-order valence-corrected chi connectivity index (χ4v) is 1.66. The Balaban J connectivity index is 2.58. The van der Waals surface area contributed by atoms with Gasteiger partial charge in [-0.15, -0.1) is 11.6 Å². The van der Waals surface area contributed by atoms with Crippen LogP contribution >= 0.6 is 11.6 Å². The molecule has 0 saturated carbocycles. The van der Waals surface area contributed by atoms with Crippen LogP contribution < -0.4 is 4.90 Å². The molecule has 78 valence electrons. The van der Waals surface area contributed by atoms with Crippen LogP contribution in [-0.2, 0) is 0 Å². The predicted molar refractivity (Wildman–Crippen MR) is 64.3 cm³/mol. The van der Waals surface area contributed by atoms with E-state index >= 15 is 0 Å². The average molecular weight is 212 g/mol. The van der Waals surface area contributed by atoms with Gasteiger partial charge in [0, 0.05) is 24.7 Å². The monoisotopic (exact) mass is 211 g/mol. The molecule has 0 amide bonds. The van der Waals surface area contributed by atoms with Gasteiger partial charge >= 0.3 is 0 Å². The largest absolute Gasteiger partial charge is 0.370 e. The Hall–Kier alpha value is -0.690. The molecule has 1 aromatic carbocycles. The minimum Gasteiger partial charge on any atom is -0.370 e. The normalized spacial score (nSPS) is 10.1. The summed E-state index contributed by atoms with van der Waals surface area (Å²) >= 11 is 5.78. The van der Waals surface area contributed by atoms with E-state index in [1.165, 1.54) is 18.5 Å². The molecule has 0 aliphatic carbocycles. The lowest BCUT2D eigenvalue weighted by atomic mass is 10.2. The topological polar surface area (TPSA) is 3.24 Å². The Morgan fingerprint density at radius 2 is 1.86 bits per heavy atom. The van der Waals surface area contributed by atoms with Crippen molar-refractivity contribution in [2.75, 3.05) is 23.9 Å². The molecule has 14 heavy (non-hydrogen) atoms. The maximum absolute atomic E-state index is 5.78. The summed E-state index contributed by atoms with van der Waals surface area (Å²) in [6.07, 6.45) is 2.46. The van der Waals surface area contributed by atoms with E-state index in [-0.39, 0.29) is 0 Å². The summed E-state index contributed by atoms with van der Waals surface area (Å²) in [5, 5.41) is 0. The van der Waals surface area contributed by atoms with Gasteiger partial charge in [0.05, 0.1) is 0 Å². The van der Waals surface area contributed by atoms with Gasteiger partial charge in [-0.05, 0) is 18.6 Å². The van der Waals surface area contributed by atoms with Crippen LogP contribution in [0.15, 0.2) is 30.3 Å². The maximum atomic E-state index is 5.78. The molecule has 0 aromatic heterocycles. The Morgan fingerprint density at radius 3 is 2.43 bits per heavy atom. The molecule has 0 aliphatic heterocycles. The van der Waals surface area contributed by atoms with Crippen molar-refractivity contribution >= 4 is 17.3 Å². The second kappa shape index (κ2) is 6.72. The first kappa shape index (κ1) is 11.4. The van der Waals surface area contributed by atoms with Crippen LogP contribution in [0.1, 0.15) is 19.8 Å². The van der Waals surface area contributed by atoms with Gasteiger partial charge in [0.15, 0.2) is 0 Å². The summed E-state index contributed by atoms with van der Waals surface area (Å²) in [4.78, 5) is 2.34. The highest BCUT2D eigenvalue weighted by Crippen LogP contribution is 2.13. The molecule has 0 saturated heterocycles. The molecule has 1 nitrogen and oxygen atoms in total. The van der Waals surface area contributed by atoms with E-state index in [1.54, 1.807) is 0 Å². The Bertz CT molecular complexity index is 235. The van der Waals surface area contributed by atoms with Crippen LogP contribution in [0.3, 0.4) is 0 Å². The first-order valence-electron chi connectivity index (χ1n) is 5.24. The van der Waals surface area contributed by atoms with Crippen molar-refractivity contribution in [3.05, 3.63) is 30.3 Å². The molecule has 1 aromatic rings. The van der Waals surface area contributed by atoms with Crippen molar-refractivity contribution < 1.29 is 0 Å². The van der Waals surface area contributed by atoms with Crippen molar-refractivity contribution in [2.24, 2.45) is 0 Å². The lowest BCUT2D eigenvalue weighted by Gasteiger charge is -2.23. The Labute approximate surface area is 91.7 Å². The summed E-state index contributed by atoms with van der Waals surface area (Å²) in [7, 11) is 0. The number of hydrogen-bond acceptors (Lipinski definition) is 1. The van der Waals surface area contributed by atoms with Gasteiger partial charge in [0.2, 0.25) is 0 Å². The second-order valence-electron chi connectivity index (χ2n) is 3.37. The third-order valence-electron chi connectivity index (χ3n) is 2.26. The summed E-state index contributed by atoms with van der Waals surface area (Å²) < 4.78 is 0. The highest BCUT2D eigenvalue weighted by molar-refractivity contribution is 6.18. The minimum atomic E-state index is 0.693. The van der Waals surface area contributed by atoms with Crippen molar-refractivity contribution in [3.8, 4) is 0 Å². The molecule has 0 atom stereocenters. The highest BCUT2D eigenvalue weighted by atomic mass is 35.5. The quantitative estimate of drug-likeness (QED) is 0.651. The fraction of sp³-hybridized carbons (Fsp3) is 0.500. The first-order valence-corrected chi connectivity index (χ1v) is 5.78. The van der Waals surface area contributed by atoms with Crippen LogP contribution in [-0.4, -0.2) is 19.0 Å². The zero-order valence-electron chi connectivity index (χ0n) is 8.75. The van der Waals surface area contributed by atoms with E-state index in [1.807, 2.05) is 6.07 Å². The number of hydrogen-bond donors (Lipinski definition) is 0. The van der Waals surface area contributed by atoms with Crippen molar-refractivity contribution in [3.63, 3.8) is 0 Å². The molecule has 0 aliphatic rings. The van der Waals surface area contributed by atoms with Gasteiger partial charge in [-0.2, -0.15) is 0 Å². The van der Waals surface area contributed by atoms with E-state index in [0.717, 1.165) is 13.1 Å². The van der Waals surface area contributed by atoms with Gasteiger partial charge in [0.1, 0.15) is 0 Å². The Kier molecular flexibility index (Phi) is 5.46. The molecular weight excluding hydrogens is 194 g/mol. The summed E-state index contributed by atoms with van der Waals surface area (Å²) in [6.45, 7) is 4.25. The maximum Gasteiger partial charge on any atom is 0.0399 e. The molecule has 2 heteroatoms. The van der Waals surface area contributed by atoms with Gasteiger partial charge in [-0.25, -0.2) is 0 Å². The zero-order chi connectivity index (χ0) is 10.2. The molecule has 0 unspecified atom stereocenters.